The Kier molecular flexibility index (Phi) is 5.92. The van der Waals surface area contributed by atoms with Crippen molar-refractivity contribution >= 4 is 40.7 Å². The lowest BCUT2D eigenvalue weighted by molar-refractivity contribution is -0.137. The minimum absolute atomic E-state index is 0.00957. The number of benzene rings is 2. The number of hydrogen-bond acceptors (Lipinski definition) is 2. The summed E-state index contributed by atoms with van der Waals surface area (Å²) in [6, 6.07) is 8.14. The predicted molar refractivity (Wildman–Crippen MR) is 88.9 cm³/mol. The largest absolute Gasteiger partial charge is 0.416 e. The molecule has 9 heteroatoms. The quantitative estimate of drug-likeness (QED) is 0.813. The van der Waals surface area contributed by atoms with Gasteiger partial charge in [-0.15, -0.1) is 0 Å². The van der Waals surface area contributed by atoms with Crippen LogP contribution in [0, 0.1) is 0 Å². The Balaban J connectivity index is 1.90. The first-order chi connectivity index (χ1) is 11.7. The third-order valence-electron chi connectivity index (χ3n) is 3.09. The minimum atomic E-state index is -4.48. The fourth-order valence-corrected chi connectivity index (χ4v) is 2.15. The van der Waals surface area contributed by atoms with Gasteiger partial charge >= 0.3 is 6.18 Å². The lowest BCUT2D eigenvalue weighted by Gasteiger charge is -2.09. The summed E-state index contributed by atoms with van der Waals surface area (Å²) in [5.74, 6) is -1.20. The molecule has 132 valence electrons. The van der Waals surface area contributed by atoms with Crippen molar-refractivity contribution in [1.82, 2.24) is 5.32 Å². The number of halogens is 5. The monoisotopic (exact) mass is 390 g/mol. The maximum Gasteiger partial charge on any atom is 0.416 e. The molecule has 0 aliphatic heterocycles. The summed E-state index contributed by atoms with van der Waals surface area (Å²) in [5, 5.41) is 5.40. The SMILES string of the molecule is O=C(CNC(=O)c1ccc(C(F)(F)F)cc1)Nc1ccc(Cl)c(Cl)c1. The van der Waals surface area contributed by atoms with Crippen LogP contribution in [0.25, 0.3) is 0 Å². The zero-order chi connectivity index (χ0) is 18.6. The smallest absolute Gasteiger partial charge is 0.343 e. The lowest BCUT2D eigenvalue weighted by Crippen LogP contribution is -2.32. The molecule has 0 spiro atoms. The second-order valence-corrected chi connectivity index (χ2v) is 5.75. The molecule has 2 amide bonds. The van der Waals surface area contributed by atoms with E-state index >= 15 is 0 Å². The first-order valence-corrected chi connectivity index (χ1v) is 7.63. The molecule has 0 saturated carbocycles. The molecule has 0 heterocycles. The molecule has 0 aliphatic rings. The molecular formula is C16H11Cl2F3N2O2. The molecule has 0 aliphatic carbocycles. The number of hydrogen-bond donors (Lipinski definition) is 2. The van der Waals surface area contributed by atoms with E-state index in [1.807, 2.05) is 0 Å². The number of nitrogens with one attached hydrogen (secondary N) is 2. The molecule has 0 fully saturated rings. The van der Waals surface area contributed by atoms with Gasteiger partial charge in [0.2, 0.25) is 5.91 Å². The van der Waals surface area contributed by atoms with Crippen LogP contribution in [0.15, 0.2) is 42.5 Å². The van der Waals surface area contributed by atoms with Crippen LogP contribution in [0.2, 0.25) is 10.0 Å². The summed E-state index contributed by atoms with van der Waals surface area (Å²) < 4.78 is 37.4. The summed E-state index contributed by atoms with van der Waals surface area (Å²) in [4.78, 5) is 23.6. The lowest BCUT2D eigenvalue weighted by atomic mass is 10.1. The van der Waals surface area contributed by atoms with Crippen molar-refractivity contribution in [3.8, 4) is 0 Å². The van der Waals surface area contributed by atoms with Crippen LogP contribution in [0.4, 0.5) is 18.9 Å². The highest BCUT2D eigenvalue weighted by atomic mass is 35.5. The number of amides is 2. The van der Waals surface area contributed by atoms with E-state index in [4.69, 9.17) is 23.2 Å². The van der Waals surface area contributed by atoms with Crippen molar-refractivity contribution in [2.75, 3.05) is 11.9 Å². The molecule has 0 unspecified atom stereocenters. The number of carbonyl (C=O) groups excluding carboxylic acids is 2. The molecule has 0 radical (unpaired) electrons. The molecule has 0 aromatic heterocycles. The van der Waals surface area contributed by atoms with Crippen molar-refractivity contribution in [2.45, 2.75) is 6.18 Å². The van der Waals surface area contributed by atoms with Gasteiger partial charge in [0.25, 0.3) is 5.91 Å². The van der Waals surface area contributed by atoms with Gasteiger partial charge in [0.15, 0.2) is 0 Å². The van der Waals surface area contributed by atoms with Crippen LogP contribution >= 0.6 is 23.2 Å². The molecule has 0 atom stereocenters. The normalized spacial score (nSPS) is 11.1. The Morgan fingerprint density at radius 1 is 0.960 bits per heavy atom. The Labute approximate surface area is 150 Å². The van der Waals surface area contributed by atoms with Crippen molar-refractivity contribution in [3.63, 3.8) is 0 Å². The standard InChI is InChI=1S/C16H11Cl2F3N2O2/c17-12-6-5-11(7-13(12)18)23-14(24)8-22-15(25)9-1-3-10(4-2-9)16(19,20)21/h1-7H,8H2,(H,22,25)(H,23,24). The fourth-order valence-electron chi connectivity index (χ4n) is 1.85. The highest BCUT2D eigenvalue weighted by Gasteiger charge is 2.30. The summed E-state index contributed by atoms with van der Waals surface area (Å²) in [5.41, 5.74) is -0.458. The van der Waals surface area contributed by atoms with Gasteiger partial charge in [0.05, 0.1) is 22.2 Å². The minimum Gasteiger partial charge on any atom is -0.343 e. The molecule has 2 N–H and O–H groups in total. The Morgan fingerprint density at radius 2 is 1.60 bits per heavy atom. The second-order valence-electron chi connectivity index (χ2n) is 4.93. The van der Waals surface area contributed by atoms with Gasteiger partial charge < -0.3 is 10.6 Å². The molecule has 25 heavy (non-hydrogen) atoms. The van der Waals surface area contributed by atoms with Crippen LogP contribution in [0.1, 0.15) is 15.9 Å². The van der Waals surface area contributed by atoms with Gasteiger partial charge in [-0.2, -0.15) is 13.2 Å². The molecule has 0 saturated heterocycles. The second kappa shape index (κ2) is 7.76. The van der Waals surface area contributed by atoms with Gasteiger partial charge in [0.1, 0.15) is 0 Å². The van der Waals surface area contributed by atoms with E-state index in [9.17, 15) is 22.8 Å². The third kappa shape index (κ3) is 5.37. The molecule has 4 nitrogen and oxygen atoms in total. The van der Waals surface area contributed by atoms with Crippen LogP contribution in [0.3, 0.4) is 0 Å². The number of rotatable bonds is 4. The maximum atomic E-state index is 12.5. The molecule has 2 rings (SSSR count). The topological polar surface area (TPSA) is 58.2 Å². The van der Waals surface area contributed by atoms with Crippen molar-refractivity contribution < 1.29 is 22.8 Å². The predicted octanol–water partition coefficient (Wildman–Crippen LogP) is 4.38. The highest BCUT2D eigenvalue weighted by molar-refractivity contribution is 6.42. The van der Waals surface area contributed by atoms with Crippen LogP contribution in [-0.2, 0) is 11.0 Å². The summed E-state index contributed by atoms with van der Waals surface area (Å²) >= 11 is 11.6. The van der Waals surface area contributed by atoms with Crippen LogP contribution < -0.4 is 10.6 Å². The van der Waals surface area contributed by atoms with Gasteiger partial charge in [-0.3, -0.25) is 9.59 Å². The van der Waals surface area contributed by atoms with E-state index in [1.165, 1.54) is 18.2 Å². The van der Waals surface area contributed by atoms with Gasteiger partial charge in [-0.1, -0.05) is 23.2 Å². The molecule has 2 aromatic carbocycles. The number of carbonyl (C=O) groups is 2. The zero-order valence-electron chi connectivity index (χ0n) is 12.5. The van der Waals surface area contributed by atoms with Crippen LogP contribution in [-0.4, -0.2) is 18.4 Å². The first-order valence-electron chi connectivity index (χ1n) is 6.87. The van der Waals surface area contributed by atoms with Gasteiger partial charge in [0, 0.05) is 11.3 Å². The van der Waals surface area contributed by atoms with E-state index in [-0.39, 0.29) is 17.1 Å². The van der Waals surface area contributed by atoms with E-state index < -0.39 is 23.6 Å². The Morgan fingerprint density at radius 3 is 2.16 bits per heavy atom. The van der Waals surface area contributed by atoms with E-state index in [0.29, 0.717) is 10.7 Å². The van der Waals surface area contributed by atoms with E-state index in [1.54, 1.807) is 0 Å². The highest BCUT2D eigenvalue weighted by Crippen LogP contribution is 2.29. The van der Waals surface area contributed by atoms with Crippen molar-refractivity contribution in [1.29, 1.82) is 0 Å². The average molecular weight is 391 g/mol. The average Bonchev–Trinajstić information content (AvgIpc) is 2.55. The maximum absolute atomic E-state index is 12.5. The van der Waals surface area contributed by atoms with Gasteiger partial charge in [-0.05, 0) is 42.5 Å². The fraction of sp³-hybridized carbons (Fsp3) is 0.125. The summed E-state index contributed by atoms with van der Waals surface area (Å²) in [7, 11) is 0. The van der Waals surface area contributed by atoms with Gasteiger partial charge in [-0.25, -0.2) is 0 Å². The van der Waals surface area contributed by atoms with Crippen molar-refractivity contribution in [3.05, 3.63) is 63.6 Å². The molecular weight excluding hydrogens is 380 g/mol. The van der Waals surface area contributed by atoms with E-state index in [2.05, 4.69) is 10.6 Å². The third-order valence-corrected chi connectivity index (χ3v) is 3.83. The Bertz CT molecular complexity index is 793. The van der Waals surface area contributed by atoms with E-state index in [0.717, 1.165) is 24.3 Å². The zero-order valence-corrected chi connectivity index (χ0v) is 14.0. The number of anilines is 1. The Hall–Kier alpha value is -2.25. The van der Waals surface area contributed by atoms with Crippen molar-refractivity contribution in [2.24, 2.45) is 0 Å². The first kappa shape index (κ1) is 19.1. The molecule has 2 aromatic rings. The number of alkyl halides is 3. The molecule has 0 bridgehead atoms. The summed E-state index contributed by atoms with van der Waals surface area (Å²) in [6.07, 6.45) is -4.48. The van der Waals surface area contributed by atoms with Crippen LogP contribution in [0.5, 0.6) is 0 Å². The summed E-state index contributed by atoms with van der Waals surface area (Å²) in [6.45, 7) is -0.361.